The Bertz CT molecular complexity index is 416. The number of halogens is 1. The zero-order valence-electron chi connectivity index (χ0n) is 10.1. The Morgan fingerprint density at radius 3 is 2.35 bits per heavy atom. The summed E-state index contributed by atoms with van der Waals surface area (Å²) in [5.41, 5.74) is -1.24. The van der Waals surface area contributed by atoms with Crippen LogP contribution in [0.25, 0.3) is 0 Å². The molecule has 0 aliphatic rings. The van der Waals surface area contributed by atoms with Crippen molar-refractivity contribution >= 4 is 40.5 Å². The SMILES string of the molecule is CCOP(=S)(OCC)Sc1ccc(Cl)c(C)c1. The van der Waals surface area contributed by atoms with E-state index in [4.69, 9.17) is 32.5 Å². The van der Waals surface area contributed by atoms with Crippen molar-refractivity contribution in [2.45, 2.75) is 25.7 Å². The van der Waals surface area contributed by atoms with E-state index in [1.165, 1.54) is 11.4 Å². The number of hydrogen-bond acceptors (Lipinski definition) is 4. The van der Waals surface area contributed by atoms with Gasteiger partial charge in [0, 0.05) is 9.92 Å². The van der Waals surface area contributed by atoms with Gasteiger partial charge in [0.25, 0.3) is 5.69 Å². The van der Waals surface area contributed by atoms with Crippen LogP contribution in [-0.2, 0) is 20.9 Å². The lowest BCUT2D eigenvalue weighted by molar-refractivity contribution is 0.280. The molecule has 0 heterocycles. The zero-order chi connectivity index (χ0) is 12.9. The number of hydrogen-bond donors (Lipinski definition) is 0. The van der Waals surface area contributed by atoms with E-state index in [2.05, 4.69) is 0 Å². The van der Waals surface area contributed by atoms with Crippen LogP contribution in [0.15, 0.2) is 23.1 Å². The summed E-state index contributed by atoms with van der Waals surface area (Å²) in [7, 11) is 0. The van der Waals surface area contributed by atoms with Crippen molar-refractivity contribution in [1.82, 2.24) is 0 Å². The molecule has 0 saturated carbocycles. The van der Waals surface area contributed by atoms with Gasteiger partial charge in [-0.3, -0.25) is 0 Å². The Kier molecular flexibility index (Phi) is 6.49. The van der Waals surface area contributed by atoms with E-state index in [-0.39, 0.29) is 0 Å². The van der Waals surface area contributed by atoms with Crippen LogP contribution in [0, 0.1) is 6.92 Å². The molecule has 2 nitrogen and oxygen atoms in total. The number of rotatable bonds is 6. The molecular formula is C11H16ClO2PS2. The first-order chi connectivity index (χ1) is 8.00. The molecule has 0 bridgehead atoms. The lowest BCUT2D eigenvalue weighted by Crippen LogP contribution is -1.92. The van der Waals surface area contributed by atoms with Gasteiger partial charge in [-0.05, 0) is 67.7 Å². The summed E-state index contributed by atoms with van der Waals surface area (Å²) in [5.74, 6) is 0. The average Bonchev–Trinajstić information content (AvgIpc) is 2.24. The van der Waals surface area contributed by atoms with Gasteiger partial charge in [-0.2, -0.15) is 0 Å². The van der Waals surface area contributed by atoms with Gasteiger partial charge in [0.15, 0.2) is 0 Å². The summed E-state index contributed by atoms with van der Waals surface area (Å²) < 4.78 is 11.2. The first-order valence-corrected chi connectivity index (χ1v) is 9.79. The van der Waals surface area contributed by atoms with Crippen LogP contribution >= 0.6 is 28.7 Å². The Morgan fingerprint density at radius 2 is 1.88 bits per heavy atom. The van der Waals surface area contributed by atoms with E-state index in [1.807, 2.05) is 39.0 Å². The van der Waals surface area contributed by atoms with Gasteiger partial charge >= 0.3 is 0 Å². The van der Waals surface area contributed by atoms with Crippen molar-refractivity contribution in [3.63, 3.8) is 0 Å². The van der Waals surface area contributed by atoms with E-state index < -0.39 is 5.69 Å². The monoisotopic (exact) mass is 310 g/mol. The third-order valence-corrected chi connectivity index (χ3v) is 7.42. The fraction of sp³-hybridized carbons (Fsp3) is 0.455. The van der Waals surface area contributed by atoms with Gasteiger partial charge in [-0.1, -0.05) is 11.6 Å². The molecule has 0 spiro atoms. The quantitative estimate of drug-likeness (QED) is 0.685. The molecule has 0 aliphatic heterocycles. The van der Waals surface area contributed by atoms with Crippen LogP contribution < -0.4 is 0 Å². The standard InChI is InChI=1S/C11H16ClO2PS2/c1-4-13-15(16,14-5-2)17-10-6-7-11(12)9(3)8-10/h6-8H,4-5H2,1-3H3. The molecule has 1 aromatic rings. The summed E-state index contributed by atoms with van der Waals surface area (Å²) in [6.45, 7) is 6.95. The minimum absolute atomic E-state index is 0.566. The second-order valence-electron chi connectivity index (χ2n) is 3.29. The summed E-state index contributed by atoms with van der Waals surface area (Å²) in [6.07, 6.45) is 0. The maximum absolute atomic E-state index is 5.99. The molecule has 0 unspecified atom stereocenters. The molecule has 0 fully saturated rings. The fourth-order valence-electron chi connectivity index (χ4n) is 1.21. The first kappa shape index (κ1) is 15.5. The molecule has 0 N–H and O–H groups in total. The van der Waals surface area contributed by atoms with Crippen molar-refractivity contribution < 1.29 is 9.05 Å². The average molecular weight is 311 g/mol. The maximum atomic E-state index is 5.99. The van der Waals surface area contributed by atoms with Gasteiger partial charge in [-0.15, -0.1) is 0 Å². The van der Waals surface area contributed by atoms with Crippen LogP contribution in [-0.4, -0.2) is 13.2 Å². The highest BCUT2D eigenvalue weighted by atomic mass is 35.5. The first-order valence-electron chi connectivity index (χ1n) is 5.35. The van der Waals surface area contributed by atoms with Crippen molar-refractivity contribution in [3.8, 4) is 0 Å². The Morgan fingerprint density at radius 1 is 1.29 bits per heavy atom. The molecule has 1 rings (SSSR count). The lowest BCUT2D eigenvalue weighted by atomic mass is 10.2. The number of aryl methyl sites for hydroxylation is 1. The molecule has 0 aliphatic carbocycles. The van der Waals surface area contributed by atoms with Crippen LogP contribution in [0.2, 0.25) is 5.02 Å². The van der Waals surface area contributed by atoms with Crippen LogP contribution in [0.4, 0.5) is 0 Å². The van der Waals surface area contributed by atoms with Gasteiger partial charge in [-0.25, -0.2) is 0 Å². The Labute approximate surface area is 117 Å². The zero-order valence-corrected chi connectivity index (χ0v) is 13.4. The smallest absolute Gasteiger partial charge is 0.252 e. The summed E-state index contributed by atoms with van der Waals surface area (Å²) in [5, 5.41) is 0.760. The van der Waals surface area contributed by atoms with Crippen molar-refractivity contribution in [3.05, 3.63) is 28.8 Å². The van der Waals surface area contributed by atoms with Gasteiger partial charge in [0.2, 0.25) is 0 Å². The van der Waals surface area contributed by atoms with E-state index in [9.17, 15) is 0 Å². The fourth-order valence-corrected chi connectivity index (χ4v) is 6.23. The largest absolute Gasteiger partial charge is 0.322 e. The molecule has 0 atom stereocenters. The predicted molar refractivity (Wildman–Crippen MR) is 79.6 cm³/mol. The summed E-state index contributed by atoms with van der Waals surface area (Å²) >= 11 is 12.9. The van der Waals surface area contributed by atoms with Crippen LogP contribution in [0.1, 0.15) is 19.4 Å². The Balaban J connectivity index is 2.86. The molecule has 0 aromatic heterocycles. The number of benzene rings is 1. The van der Waals surface area contributed by atoms with Gasteiger partial charge < -0.3 is 9.05 Å². The molecular weight excluding hydrogens is 295 g/mol. The third-order valence-electron chi connectivity index (χ3n) is 1.92. The van der Waals surface area contributed by atoms with Gasteiger partial charge in [0.05, 0.1) is 13.2 Å². The molecule has 0 amide bonds. The maximum Gasteiger partial charge on any atom is 0.252 e. The highest BCUT2D eigenvalue weighted by Crippen LogP contribution is 2.63. The predicted octanol–water partition coefficient (Wildman–Crippen LogP) is 5.04. The summed E-state index contributed by atoms with van der Waals surface area (Å²) in [4.78, 5) is 1.04. The molecule has 6 heteroatoms. The normalized spacial score (nSPS) is 11.8. The minimum atomic E-state index is -2.27. The van der Waals surface area contributed by atoms with Gasteiger partial charge in [0.1, 0.15) is 0 Å². The van der Waals surface area contributed by atoms with Crippen molar-refractivity contribution in [2.24, 2.45) is 0 Å². The second kappa shape index (κ2) is 7.13. The van der Waals surface area contributed by atoms with Crippen molar-refractivity contribution in [1.29, 1.82) is 0 Å². The van der Waals surface area contributed by atoms with Crippen LogP contribution in [0.5, 0.6) is 0 Å². The van der Waals surface area contributed by atoms with E-state index in [1.54, 1.807) is 0 Å². The highest BCUT2D eigenvalue weighted by molar-refractivity contribution is 8.67. The van der Waals surface area contributed by atoms with E-state index >= 15 is 0 Å². The molecule has 1 aromatic carbocycles. The van der Waals surface area contributed by atoms with E-state index in [0.717, 1.165) is 15.5 Å². The summed E-state index contributed by atoms with van der Waals surface area (Å²) in [6, 6.07) is 5.82. The van der Waals surface area contributed by atoms with E-state index in [0.29, 0.717) is 13.2 Å². The van der Waals surface area contributed by atoms with Crippen LogP contribution in [0.3, 0.4) is 0 Å². The molecule has 0 radical (unpaired) electrons. The molecule has 17 heavy (non-hydrogen) atoms. The van der Waals surface area contributed by atoms with Crippen molar-refractivity contribution in [2.75, 3.05) is 13.2 Å². The second-order valence-corrected chi connectivity index (χ2v) is 9.88. The lowest BCUT2D eigenvalue weighted by Gasteiger charge is -2.20. The minimum Gasteiger partial charge on any atom is -0.322 e. The highest BCUT2D eigenvalue weighted by Gasteiger charge is 2.20. The molecule has 96 valence electrons. The molecule has 0 saturated heterocycles. The Hall–Kier alpha value is 0.430. The topological polar surface area (TPSA) is 18.5 Å². The third kappa shape index (κ3) is 4.90.